The number of ether oxygens (including phenoxy) is 2. The van der Waals surface area contributed by atoms with E-state index in [9.17, 15) is 9.59 Å². The second-order valence-electron chi connectivity index (χ2n) is 14.0. The Kier molecular flexibility index (Phi) is 10.3. The van der Waals surface area contributed by atoms with Crippen molar-refractivity contribution in [2.45, 2.75) is 104 Å². The molecule has 3 atom stereocenters. The van der Waals surface area contributed by atoms with E-state index in [1.807, 2.05) is 25.7 Å². The molecule has 5 heterocycles. The SMILES string of the molecule is CC(C)c1noc(N2CCC([C@H](C)CCOc3ncc(N4C[C@H](NC(=O)OC(C)(C)C)[C@H](N5CCCCC5=O)C4)cn3)CC2)n1. The van der Waals surface area contributed by atoms with Gasteiger partial charge in [-0.2, -0.15) is 4.98 Å². The third-order valence-corrected chi connectivity index (χ3v) is 9.10. The van der Waals surface area contributed by atoms with Crippen molar-refractivity contribution in [1.82, 2.24) is 30.3 Å². The number of nitrogens with zero attached hydrogens (tertiary/aromatic N) is 7. The first kappa shape index (κ1) is 32.7. The fraction of sp³-hybridized carbons (Fsp3) is 0.750. The van der Waals surface area contributed by atoms with Crippen LogP contribution in [0.3, 0.4) is 0 Å². The molecule has 0 radical (unpaired) electrons. The number of hydrogen-bond donors (Lipinski definition) is 1. The van der Waals surface area contributed by atoms with Crippen molar-refractivity contribution in [1.29, 1.82) is 0 Å². The van der Waals surface area contributed by atoms with Crippen LogP contribution in [0.4, 0.5) is 16.5 Å². The molecule has 248 valence electrons. The second-order valence-corrected chi connectivity index (χ2v) is 14.0. The molecule has 2 aromatic rings. The highest BCUT2D eigenvalue weighted by atomic mass is 16.6. The molecule has 1 N–H and O–H groups in total. The zero-order valence-corrected chi connectivity index (χ0v) is 27.7. The number of alkyl carbamates (subject to hydrolysis) is 1. The fourth-order valence-corrected chi connectivity index (χ4v) is 6.46. The maximum Gasteiger partial charge on any atom is 0.408 e. The molecular formula is C32H50N8O5. The van der Waals surface area contributed by atoms with E-state index in [0.717, 1.165) is 56.7 Å². The smallest absolute Gasteiger partial charge is 0.408 e. The first-order chi connectivity index (χ1) is 21.5. The van der Waals surface area contributed by atoms with Gasteiger partial charge < -0.3 is 34.0 Å². The number of carbonyl (C=O) groups excluding carboxylic acids is 2. The zero-order chi connectivity index (χ0) is 32.1. The first-order valence-electron chi connectivity index (χ1n) is 16.5. The molecule has 0 aromatic carbocycles. The van der Waals surface area contributed by atoms with Crippen LogP contribution >= 0.6 is 0 Å². The van der Waals surface area contributed by atoms with Gasteiger partial charge in [0.05, 0.1) is 36.8 Å². The Bertz CT molecular complexity index is 1270. The number of rotatable bonds is 10. The van der Waals surface area contributed by atoms with Crippen LogP contribution in [0.15, 0.2) is 16.9 Å². The summed E-state index contributed by atoms with van der Waals surface area (Å²) in [4.78, 5) is 45.2. The van der Waals surface area contributed by atoms with Gasteiger partial charge in [-0.25, -0.2) is 14.8 Å². The number of piperidine rings is 2. The molecule has 0 bridgehead atoms. The summed E-state index contributed by atoms with van der Waals surface area (Å²) < 4.78 is 16.9. The van der Waals surface area contributed by atoms with Crippen molar-refractivity contribution < 1.29 is 23.6 Å². The van der Waals surface area contributed by atoms with Crippen LogP contribution < -0.4 is 19.9 Å². The summed E-state index contributed by atoms with van der Waals surface area (Å²) in [6, 6.07) is 0.561. The Morgan fingerprint density at radius 3 is 2.44 bits per heavy atom. The average Bonchev–Trinajstić information content (AvgIpc) is 3.65. The predicted octanol–water partition coefficient (Wildman–Crippen LogP) is 4.40. The number of aromatic nitrogens is 4. The molecule has 2 aromatic heterocycles. The number of likely N-dealkylation sites (tertiary alicyclic amines) is 1. The number of carbonyl (C=O) groups is 2. The van der Waals surface area contributed by atoms with E-state index < -0.39 is 11.7 Å². The zero-order valence-electron chi connectivity index (χ0n) is 27.7. The van der Waals surface area contributed by atoms with Gasteiger partial charge in [0.15, 0.2) is 5.82 Å². The van der Waals surface area contributed by atoms with Crippen molar-refractivity contribution in [3.63, 3.8) is 0 Å². The minimum absolute atomic E-state index is 0.135. The molecule has 0 unspecified atom stereocenters. The third-order valence-electron chi connectivity index (χ3n) is 9.10. The highest BCUT2D eigenvalue weighted by Crippen LogP contribution is 2.30. The summed E-state index contributed by atoms with van der Waals surface area (Å²) in [6.45, 7) is 16.1. The van der Waals surface area contributed by atoms with Crippen LogP contribution in [-0.2, 0) is 9.53 Å². The maximum absolute atomic E-state index is 12.8. The van der Waals surface area contributed by atoms with E-state index in [-0.39, 0.29) is 23.9 Å². The van der Waals surface area contributed by atoms with Gasteiger partial charge >= 0.3 is 18.1 Å². The summed E-state index contributed by atoms with van der Waals surface area (Å²) in [6.07, 6.45) is 8.53. The Labute approximate surface area is 266 Å². The van der Waals surface area contributed by atoms with Gasteiger partial charge in [-0.3, -0.25) is 4.79 Å². The van der Waals surface area contributed by atoms with Gasteiger partial charge in [0.1, 0.15) is 5.60 Å². The monoisotopic (exact) mass is 626 g/mol. The van der Waals surface area contributed by atoms with Crippen LogP contribution in [0, 0.1) is 11.8 Å². The maximum atomic E-state index is 12.8. The van der Waals surface area contributed by atoms with Gasteiger partial charge in [-0.05, 0) is 64.7 Å². The van der Waals surface area contributed by atoms with Gasteiger partial charge in [-0.1, -0.05) is 25.9 Å². The summed E-state index contributed by atoms with van der Waals surface area (Å²) in [5, 5.41) is 7.12. The lowest BCUT2D eigenvalue weighted by atomic mass is 9.84. The fourth-order valence-electron chi connectivity index (χ4n) is 6.46. The third kappa shape index (κ3) is 8.55. The van der Waals surface area contributed by atoms with Gasteiger partial charge in [0, 0.05) is 45.1 Å². The molecular weight excluding hydrogens is 576 g/mol. The van der Waals surface area contributed by atoms with E-state index in [0.29, 0.717) is 56.5 Å². The molecule has 0 aliphatic carbocycles. The summed E-state index contributed by atoms with van der Waals surface area (Å²) in [5.41, 5.74) is 0.221. The Balaban J connectivity index is 1.10. The summed E-state index contributed by atoms with van der Waals surface area (Å²) >= 11 is 0. The van der Waals surface area contributed by atoms with Gasteiger partial charge in [0.2, 0.25) is 5.91 Å². The molecule has 5 rings (SSSR count). The lowest BCUT2D eigenvalue weighted by Crippen LogP contribution is -2.54. The normalized spacial score (nSPS) is 22.2. The molecule has 3 aliphatic rings. The van der Waals surface area contributed by atoms with E-state index in [2.05, 4.69) is 56.0 Å². The minimum Gasteiger partial charge on any atom is -0.463 e. The van der Waals surface area contributed by atoms with Crippen molar-refractivity contribution >= 4 is 23.7 Å². The number of hydrogen-bond acceptors (Lipinski definition) is 11. The van der Waals surface area contributed by atoms with Crippen molar-refractivity contribution in [2.24, 2.45) is 11.8 Å². The Hall–Kier alpha value is -3.64. The van der Waals surface area contributed by atoms with Crippen molar-refractivity contribution in [2.75, 3.05) is 49.1 Å². The molecule has 45 heavy (non-hydrogen) atoms. The minimum atomic E-state index is -0.605. The molecule has 0 spiro atoms. The van der Waals surface area contributed by atoms with Crippen molar-refractivity contribution in [3.05, 3.63) is 18.2 Å². The highest BCUT2D eigenvalue weighted by molar-refractivity contribution is 5.78. The topological polar surface area (TPSA) is 139 Å². The predicted molar refractivity (Wildman–Crippen MR) is 169 cm³/mol. The number of amides is 2. The molecule has 3 fully saturated rings. The highest BCUT2D eigenvalue weighted by Gasteiger charge is 2.41. The summed E-state index contributed by atoms with van der Waals surface area (Å²) in [7, 11) is 0. The first-order valence-corrected chi connectivity index (χ1v) is 16.5. The van der Waals surface area contributed by atoms with Gasteiger partial charge in [0.25, 0.3) is 0 Å². The van der Waals surface area contributed by atoms with Crippen LogP contribution in [0.2, 0.25) is 0 Å². The number of nitrogens with one attached hydrogen (secondary N) is 1. The standard InChI is InChI=1S/C32H50N8O5/c1-21(2)28-36-30(45-37-28)38-14-10-23(11-15-38)22(3)12-16-43-29-33-17-24(18-34-29)39-19-25(35-31(42)44-32(4,5)6)26(20-39)40-13-8-7-9-27(40)41/h17-18,21-23,25-26H,7-16,19-20H2,1-6H3,(H,35,42)/t22-,25+,26-/m1/s1. The lowest BCUT2D eigenvalue weighted by molar-refractivity contribution is -0.135. The lowest BCUT2D eigenvalue weighted by Gasteiger charge is -2.35. The molecule has 3 aliphatic heterocycles. The van der Waals surface area contributed by atoms with Crippen LogP contribution in [0.25, 0.3) is 0 Å². The molecule has 2 amide bonds. The van der Waals surface area contributed by atoms with E-state index >= 15 is 0 Å². The molecule has 3 saturated heterocycles. The van der Waals surface area contributed by atoms with E-state index in [4.69, 9.17) is 14.0 Å². The molecule has 13 heteroatoms. The molecule has 13 nitrogen and oxygen atoms in total. The average molecular weight is 627 g/mol. The Morgan fingerprint density at radius 1 is 1.07 bits per heavy atom. The molecule has 0 saturated carbocycles. The summed E-state index contributed by atoms with van der Waals surface area (Å²) in [5.74, 6) is 2.26. The van der Waals surface area contributed by atoms with Crippen LogP contribution in [0.5, 0.6) is 6.01 Å². The van der Waals surface area contributed by atoms with Crippen molar-refractivity contribution in [3.8, 4) is 6.01 Å². The quantitative estimate of drug-likeness (QED) is 0.401. The van der Waals surface area contributed by atoms with Crippen LogP contribution in [0.1, 0.15) is 91.8 Å². The number of anilines is 2. The van der Waals surface area contributed by atoms with E-state index in [1.165, 1.54) is 0 Å². The van der Waals surface area contributed by atoms with Crippen LogP contribution in [-0.4, -0.2) is 94.0 Å². The van der Waals surface area contributed by atoms with E-state index in [1.54, 1.807) is 12.4 Å². The largest absolute Gasteiger partial charge is 0.463 e. The Morgan fingerprint density at radius 2 is 1.80 bits per heavy atom. The second kappa shape index (κ2) is 14.2. The van der Waals surface area contributed by atoms with Gasteiger partial charge in [-0.15, -0.1) is 0 Å².